The van der Waals surface area contributed by atoms with Gasteiger partial charge in [0.1, 0.15) is 10.7 Å². The van der Waals surface area contributed by atoms with Gasteiger partial charge in [0.25, 0.3) is 5.91 Å². The molecule has 0 aliphatic rings. The number of aromatic nitrogens is 3. The van der Waals surface area contributed by atoms with Crippen LogP contribution in [0.2, 0.25) is 0 Å². The summed E-state index contributed by atoms with van der Waals surface area (Å²) in [4.78, 5) is 24.5. The van der Waals surface area contributed by atoms with E-state index < -0.39 is 0 Å². The zero-order valence-electron chi connectivity index (χ0n) is 13.6. The van der Waals surface area contributed by atoms with Crippen LogP contribution >= 0.6 is 11.3 Å². The van der Waals surface area contributed by atoms with Crippen LogP contribution < -0.4 is 5.32 Å². The zero-order valence-corrected chi connectivity index (χ0v) is 14.4. The van der Waals surface area contributed by atoms with Gasteiger partial charge in [0.05, 0.1) is 11.9 Å². The summed E-state index contributed by atoms with van der Waals surface area (Å²) >= 11 is 1.66. The number of hydrogen-bond acceptors (Lipinski definition) is 5. The molecule has 122 valence electrons. The normalized spacial score (nSPS) is 10.8. The maximum absolute atomic E-state index is 12.0. The predicted molar refractivity (Wildman–Crippen MR) is 94.8 cm³/mol. The van der Waals surface area contributed by atoms with Gasteiger partial charge in [-0.3, -0.25) is 9.78 Å². The number of nitrogens with zero attached hydrogens (tertiary/aromatic N) is 3. The molecule has 24 heavy (non-hydrogen) atoms. The second-order valence-corrected chi connectivity index (χ2v) is 6.56. The van der Waals surface area contributed by atoms with Crippen molar-refractivity contribution in [2.45, 2.75) is 26.3 Å². The van der Waals surface area contributed by atoms with Gasteiger partial charge in [-0.2, -0.15) is 0 Å². The van der Waals surface area contributed by atoms with E-state index in [4.69, 9.17) is 0 Å². The van der Waals surface area contributed by atoms with E-state index in [2.05, 4.69) is 39.5 Å². The summed E-state index contributed by atoms with van der Waals surface area (Å²) in [7, 11) is 0. The first kappa shape index (κ1) is 16.3. The van der Waals surface area contributed by atoms with Crippen LogP contribution in [0.3, 0.4) is 0 Å². The van der Waals surface area contributed by atoms with Gasteiger partial charge in [-0.15, -0.1) is 11.3 Å². The van der Waals surface area contributed by atoms with E-state index in [0.29, 0.717) is 18.2 Å². The Balaban J connectivity index is 1.63. The minimum Gasteiger partial charge on any atom is -0.347 e. The molecule has 3 rings (SSSR count). The van der Waals surface area contributed by atoms with Crippen molar-refractivity contribution in [1.82, 2.24) is 20.3 Å². The van der Waals surface area contributed by atoms with Gasteiger partial charge in [-0.25, -0.2) is 9.97 Å². The smallest absolute Gasteiger partial charge is 0.271 e. The van der Waals surface area contributed by atoms with Crippen LogP contribution in [0.4, 0.5) is 0 Å². The summed E-state index contributed by atoms with van der Waals surface area (Å²) in [5.41, 5.74) is 3.56. The summed E-state index contributed by atoms with van der Waals surface area (Å²) < 4.78 is 0. The van der Waals surface area contributed by atoms with Gasteiger partial charge in [0, 0.05) is 29.9 Å². The van der Waals surface area contributed by atoms with E-state index in [1.807, 2.05) is 24.3 Å². The molecular weight excluding hydrogens is 320 g/mol. The number of carbonyl (C=O) groups is 1. The van der Waals surface area contributed by atoms with Gasteiger partial charge in [-0.05, 0) is 11.5 Å². The minimum absolute atomic E-state index is 0.228. The highest BCUT2D eigenvalue weighted by atomic mass is 32.1. The van der Waals surface area contributed by atoms with E-state index in [1.165, 1.54) is 12.4 Å². The minimum atomic E-state index is -0.228. The molecule has 0 spiro atoms. The quantitative estimate of drug-likeness (QED) is 0.771. The second kappa shape index (κ2) is 7.31. The number of thiazole rings is 1. The van der Waals surface area contributed by atoms with Crippen molar-refractivity contribution < 1.29 is 4.79 Å². The molecular formula is C18H18N4OS. The number of rotatable bonds is 5. The Morgan fingerprint density at radius 2 is 2.00 bits per heavy atom. The van der Waals surface area contributed by atoms with Crippen molar-refractivity contribution in [3.63, 3.8) is 0 Å². The summed E-state index contributed by atoms with van der Waals surface area (Å²) in [5.74, 6) is 0.208. The lowest BCUT2D eigenvalue weighted by atomic mass is 10.1. The molecule has 0 atom stereocenters. The van der Waals surface area contributed by atoms with Gasteiger partial charge in [0.15, 0.2) is 0 Å². The zero-order chi connectivity index (χ0) is 16.9. The van der Waals surface area contributed by atoms with E-state index in [9.17, 15) is 4.79 Å². The first-order valence-electron chi connectivity index (χ1n) is 7.72. The van der Waals surface area contributed by atoms with Crippen LogP contribution in [0.15, 0.2) is 48.2 Å². The number of nitrogens with one attached hydrogen (secondary N) is 1. The molecule has 1 aromatic carbocycles. The highest BCUT2D eigenvalue weighted by molar-refractivity contribution is 7.13. The Hall–Kier alpha value is -2.60. The SMILES string of the molecule is CC(C)c1csc(-c2ccc(CNC(=O)c3cnccn3)cc2)n1. The van der Waals surface area contributed by atoms with Crippen LogP contribution in [0, 0.1) is 0 Å². The predicted octanol–water partition coefficient (Wildman–Crippen LogP) is 3.65. The molecule has 5 nitrogen and oxygen atoms in total. The first-order valence-corrected chi connectivity index (χ1v) is 8.60. The molecule has 6 heteroatoms. The third-order valence-electron chi connectivity index (χ3n) is 3.56. The molecule has 2 heterocycles. The van der Waals surface area contributed by atoms with E-state index >= 15 is 0 Å². The molecule has 0 saturated heterocycles. The lowest BCUT2D eigenvalue weighted by Gasteiger charge is -2.05. The number of hydrogen-bond donors (Lipinski definition) is 1. The van der Waals surface area contributed by atoms with E-state index in [-0.39, 0.29) is 5.91 Å². The lowest BCUT2D eigenvalue weighted by Crippen LogP contribution is -2.23. The molecule has 0 unspecified atom stereocenters. The average Bonchev–Trinajstić information content (AvgIpc) is 3.11. The summed E-state index contributed by atoms with van der Waals surface area (Å²) in [6.07, 6.45) is 4.50. The monoisotopic (exact) mass is 338 g/mol. The second-order valence-electron chi connectivity index (χ2n) is 5.70. The Morgan fingerprint density at radius 3 is 2.62 bits per heavy atom. The molecule has 3 aromatic rings. The molecule has 2 aromatic heterocycles. The third kappa shape index (κ3) is 3.83. The van der Waals surface area contributed by atoms with Crippen molar-refractivity contribution in [2.24, 2.45) is 0 Å². The van der Waals surface area contributed by atoms with Gasteiger partial charge < -0.3 is 5.32 Å². The molecule has 0 bridgehead atoms. The topological polar surface area (TPSA) is 67.8 Å². The van der Waals surface area contributed by atoms with Crippen LogP contribution in [-0.4, -0.2) is 20.9 Å². The summed E-state index contributed by atoms with van der Waals surface area (Å²) in [6, 6.07) is 8.07. The fraction of sp³-hybridized carbons (Fsp3) is 0.222. The van der Waals surface area contributed by atoms with Crippen LogP contribution in [-0.2, 0) is 6.54 Å². The Kier molecular flexibility index (Phi) is 4.96. The Morgan fingerprint density at radius 1 is 1.21 bits per heavy atom. The van der Waals surface area contributed by atoms with Crippen LogP contribution in [0.5, 0.6) is 0 Å². The lowest BCUT2D eigenvalue weighted by molar-refractivity contribution is 0.0945. The van der Waals surface area contributed by atoms with Crippen LogP contribution in [0.25, 0.3) is 10.6 Å². The fourth-order valence-electron chi connectivity index (χ4n) is 2.14. The van der Waals surface area contributed by atoms with Crippen molar-refractivity contribution in [3.05, 3.63) is 65.2 Å². The number of amides is 1. The van der Waals surface area contributed by atoms with Gasteiger partial charge in [-0.1, -0.05) is 38.1 Å². The molecule has 1 amide bonds. The fourth-order valence-corrected chi connectivity index (χ4v) is 3.13. The first-order chi connectivity index (χ1) is 11.6. The maximum Gasteiger partial charge on any atom is 0.271 e. The van der Waals surface area contributed by atoms with Gasteiger partial charge in [0.2, 0.25) is 0 Å². The largest absolute Gasteiger partial charge is 0.347 e. The summed E-state index contributed by atoms with van der Waals surface area (Å²) in [5, 5.41) is 5.97. The number of carbonyl (C=O) groups excluding carboxylic acids is 1. The number of benzene rings is 1. The van der Waals surface area contributed by atoms with Crippen molar-refractivity contribution >= 4 is 17.2 Å². The van der Waals surface area contributed by atoms with Crippen LogP contribution in [0.1, 0.15) is 41.5 Å². The van der Waals surface area contributed by atoms with Crippen molar-refractivity contribution in [3.8, 4) is 10.6 Å². The maximum atomic E-state index is 12.0. The molecule has 0 fully saturated rings. The molecule has 0 saturated carbocycles. The van der Waals surface area contributed by atoms with E-state index in [0.717, 1.165) is 21.8 Å². The molecule has 1 N–H and O–H groups in total. The van der Waals surface area contributed by atoms with Crippen molar-refractivity contribution in [1.29, 1.82) is 0 Å². The summed E-state index contributed by atoms with van der Waals surface area (Å²) in [6.45, 7) is 4.73. The standard InChI is InChI=1S/C18H18N4OS/c1-12(2)16-11-24-18(22-16)14-5-3-13(4-6-14)9-21-17(23)15-10-19-7-8-20-15/h3-8,10-12H,9H2,1-2H3,(H,21,23). The Bertz CT molecular complexity index is 813. The van der Waals surface area contributed by atoms with Crippen molar-refractivity contribution in [2.75, 3.05) is 0 Å². The Labute approximate surface area is 144 Å². The molecule has 0 radical (unpaired) electrons. The van der Waals surface area contributed by atoms with E-state index in [1.54, 1.807) is 17.5 Å². The third-order valence-corrected chi connectivity index (χ3v) is 4.47. The van der Waals surface area contributed by atoms with Gasteiger partial charge >= 0.3 is 0 Å². The highest BCUT2D eigenvalue weighted by Crippen LogP contribution is 2.26. The average molecular weight is 338 g/mol. The molecule has 0 aliphatic carbocycles. The highest BCUT2D eigenvalue weighted by Gasteiger charge is 2.09. The molecule has 0 aliphatic heterocycles.